The number of hydrogen-bond donors (Lipinski definition) is 2. The van der Waals surface area contributed by atoms with E-state index in [1.54, 1.807) is 0 Å². The first kappa shape index (κ1) is 17.6. The van der Waals surface area contributed by atoms with Crippen LogP contribution in [0.15, 0.2) is 0 Å². The van der Waals surface area contributed by atoms with Gasteiger partial charge in [0.2, 0.25) is 0 Å². The molecule has 0 atom stereocenters. The standard InChI is InChI=1S/Mg.2H2O4S/c;2*1-5(2,3)4/h;2*(H2,1,2,3,4)/q+2;;/p-2. The van der Waals surface area contributed by atoms with Crippen molar-refractivity contribution in [2.24, 2.45) is 0 Å². The molecule has 64 valence electrons. The molecule has 0 rings (SSSR count). The van der Waals surface area contributed by atoms with E-state index in [1.165, 1.54) is 0 Å². The molecule has 11 heteroatoms. The van der Waals surface area contributed by atoms with Crippen molar-refractivity contribution in [1.82, 2.24) is 0 Å². The summed E-state index contributed by atoms with van der Waals surface area (Å²) in [5, 5.41) is 0. The van der Waals surface area contributed by atoms with Gasteiger partial charge in [0.15, 0.2) is 0 Å². The molecule has 2 N–H and O–H groups in total. The van der Waals surface area contributed by atoms with Crippen LogP contribution in [-0.4, -0.2) is 58.1 Å². The molecule has 0 aliphatic rings. The van der Waals surface area contributed by atoms with Crippen LogP contribution in [0.3, 0.4) is 0 Å². The third kappa shape index (κ3) is 2970. The Morgan fingerprint density at radius 2 is 0.909 bits per heavy atom. The van der Waals surface area contributed by atoms with Crippen LogP contribution in [0.2, 0.25) is 0 Å². The van der Waals surface area contributed by atoms with Crippen molar-refractivity contribution in [3.8, 4) is 0 Å². The Bertz CT molecular complexity index is 208. The second-order valence-corrected chi connectivity index (χ2v) is 2.57. The van der Waals surface area contributed by atoms with Crippen LogP contribution in [0, 0.1) is 0 Å². The Hall–Kier alpha value is 0.506. The van der Waals surface area contributed by atoms with Gasteiger partial charge < -0.3 is 9.11 Å². The van der Waals surface area contributed by atoms with Crippen molar-refractivity contribution in [2.75, 3.05) is 0 Å². The van der Waals surface area contributed by atoms with Crippen molar-refractivity contribution < 1.29 is 35.0 Å². The predicted octanol–water partition coefficient (Wildman–Crippen LogP) is -2.37. The summed E-state index contributed by atoms with van der Waals surface area (Å²) in [5.74, 6) is 0. The van der Waals surface area contributed by atoms with E-state index < -0.39 is 20.8 Å². The maximum Gasteiger partial charge on any atom is 2.00 e. The molecule has 0 saturated carbocycles. The van der Waals surface area contributed by atoms with Gasteiger partial charge in [-0.2, -0.15) is 8.42 Å². The first-order chi connectivity index (χ1) is 4.00. The fraction of sp³-hybridized carbons (Fsp3) is 0. The van der Waals surface area contributed by atoms with E-state index in [1.807, 2.05) is 0 Å². The first-order valence-electron chi connectivity index (χ1n) is 1.37. The Labute approximate surface area is 78.9 Å². The molecule has 0 aliphatic heterocycles. The molecule has 0 saturated heterocycles. The SMILES string of the molecule is O=S(=O)(O)O.O=S(=O)([O-])[O-].[Mg+2]. The van der Waals surface area contributed by atoms with E-state index in [4.69, 9.17) is 35.0 Å². The van der Waals surface area contributed by atoms with Crippen molar-refractivity contribution in [3.05, 3.63) is 0 Å². The van der Waals surface area contributed by atoms with Crippen molar-refractivity contribution in [2.45, 2.75) is 0 Å². The van der Waals surface area contributed by atoms with Crippen LogP contribution in [0.1, 0.15) is 0 Å². The average molecular weight is 218 g/mol. The minimum Gasteiger partial charge on any atom is -0.759 e. The fourth-order valence-corrected chi connectivity index (χ4v) is 0. The van der Waals surface area contributed by atoms with E-state index in [9.17, 15) is 0 Å². The van der Waals surface area contributed by atoms with Gasteiger partial charge in [0, 0.05) is 10.4 Å². The molecule has 0 amide bonds. The van der Waals surface area contributed by atoms with Gasteiger partial charge >= 0.3 is 33.5 Å². The van der Waals surface area contributed by atoms with E-state index >= 15 is 0 Å². The number of rotatable bonds is 0. The van der Waals surface area contributed by atoms with Crippen LogP contribution in [0.4, 0.5) is 0 Å². The molecule has 0 fully saturated rings. The Balaban J connectivity index is -0.000000107. The zero-order chi connectivity index (χ0) is 9.00. The zero-order valence-corrected chi connectivity index (χ0v) is 7.91. The Kier molecular flexibility index (Phi) is 9.69. The van der Waals surface area contributed by atoms with Crippen molar-refractivity contribution in [1.29, 1.82) is 0 Å². The zero-order valence-electron chi connectivity index (χ0n) is 4.87. The average Bonchev–Trinajstić information content (AvgIpc) is 1.12. The van der Waals surface area contributed by atoms with Crippen molar-refractivity contribution >= 4 is 43.9 Å². The summed E-state index contributed by atoms with van der Waals surface area (Å²) in [4.78, 5) is 0. The predicted molar refractivity (Wildman–Crippen MR) is 30.4 cm³/mol. The van der Waals surface area contributed by atoms with Crippen LogP contribution in [0.5, 0.6) is 0 Å². The second-order valence-electron chi connectivity index (χ2n) is 0.856. The molecule has 11 heavy (non-hydrogen) atoms. The molecule has 0 aromatic heterocycles. The topological polar surface area (TPSA) is 155 Å². The van der Waals surface area contributed by atoms with E-state index in [-0.39, 0.29) is 23.1 Å². The van der Waals surface area contributed by atoms with Crippen molar-refractivity contribution in [3.63, 3.8) is 0 Å². The summed E-state index contributed by atoms with van der Waals surface area (Å²) in [7, 11) is -9.83. The smallest absolute Gasteiger partial charge is 0.759 e. The maximum atomic E-state index is 8.74. The Morgan fingerprint density at radius 3 is 0.909 bits per heavy atom. The quantitative estimate of drug-likeness (QED) is 0.259. The summed E-state index contributed by atoms with van der Waals surface area (Å²) < 4.78 is 65.7. The van der Waals surface area contributed by atoms with Crippen LogP contribution >= 0.6 is 0 Å². The Morgan fingerprint density at radius 1 is 0.909 bits per heavy atom. The van der Waals surface area contributed by atoms with Gasteiger partial charge in [-0.05, 0) is 0 Å². The van der Waals surface area contributed by atoms with Gasteiger partial charge in [0.25, 0.3) is 0 Å². The molecule has 0 spiro atoms. The van der Waals surface area contributed by atoms with Gasteiger partial charge in [-0.15, -0.1) is 0 Å². The maximum absolute atomic E-state index is 8.74. The molecule has 0 bridgehead atoms. The second kappa shape index (κ2) is 6.07. The fourth-order valence-electron chi connectivity index (χ4n) is 0. The van der Waals surface area contributed by atoms with Crippen LogP contribution in [-0.2, 0) is 20.8 Å². The van der Waals surface area contributed by atoms with Gasteiger partial charge in [-0.1, -0.05) is 0 Å². The van der Waals surface area contributed by atoms with E-state index in [0.717, 1.165) is 0 Å². The monoisotopic (exact) mass is 218 g/mol. The van der Waals surface area contributed by atoms with Gasteiger partial charge in [0.1, 0.15) is 0 Å². The molecule has 0 radical (unpaired) electrons. The van der Waals surface area contributed by atoms with Gasteiger partial charge in [0.05, 0.1) is 0 Å². The number of hydrogen-bond acceptors (Lipinski definition) is 6. The normalized spacial score (nSPS) is 10.5. The summed E-state index contributed by atoms with van der Waals surface area (Å²) >= 11 is 0. The summed E-state index contributed by atoms with van der Waals surface area (Å²) in [6.07, 6.45) is 0. The molecule has 8 nitrogen and oxygen atoms in total. The van der Waals surface area contributed by atoms with Crippen LogP contribution in [0.25, 0.3) is 0 Å². The molecule has 0 aromatic carbocycles. The summed E-state index contributed by atoms with van der Waals surface area (Å²) in [5.41, 5.74) is 0. The first-order valence-corrected chi connectivity index (χ1v) is 4.10. The summed E-state index contributed by atoms with van der Waals surface area (Å²) in [6.45, 7) is 0. The molecular weight excluding hydrogens is 216 g/mol. The molecule has 0 unspecified atom stereocenters. The minimum absolute atomic E-state index is 0. The molecule has 0 aromatic rings. The molecule has 0 aliphatic carbocycles. The molecule has 0 heterocycles. The van der Waals surface area contributed by atoms with Gasteiger partial charge in [-0.3, -0.25) is 17.5 Å². The van der Waals surface area contributed by atoms with Crippen LogP contribution < -0.4 is 0 Å². The third-order valence-corrected chi connectivity index (χ3v) is 0. The largest absolute Gasteiger partial charge is 2.00 e. The minimum atomic E-state index is -5.17. The van der Waals surface area contributed by atoms with E-state index in [0.29, 0.717) is 0 Å². The summed E-state index contributed by atoms with van der Waals surface area (Å²) in [6, 6.07) is 0. The van der Waals surface area contributed by atoms with E-state index in [2.05, 4.69) is 0 Å². The van der Waals surface area contributed by atoms with Gasteiger partial charge in [-0.25, -0.2) is 0 Å². The molecular formula is H2MgO8S2. The third-order valence-electron chi connectivity index (χ3n) is 0.